The second-order valence-electron chi connectivity index (χ2n) is 4.31. The van der Waals surface area contributed by atoms with Gasteiger partial charge >= 0.3 is 0 Å². The van der Waals surface area contributed by atoms with E-state index in [9.17, 15) is 4.79 Å². The first kappa shape index (κ1) is 11.0. The first-order valence-electron chi connectivity index (χ1n) is 5.97. The molecule has 0 amide bonds. The van der Waals surface area contributed by atoms with Crippen LogP contribution in [0, 0.1) is 12.3 Å². The maximum absolute atomic E-state index is 11.6. The molecule has 0 radical (unpaired) electrons. The molecule has 0 aromatic carbocycles. The molecular weight excluding hydrogens is 198 g/mol. The molecule has 0 bridgehead atoms. The highest BCUT2D eigenvalue weighted by atomic mass is 16.1. The summed E-state index contributed by atoms with van der Waals surface area (Å²) in [5.41, 5.74) is 2.18. The molecule has 0 saturated heterocycles. The number of carbonyl (C=O) groups excluding carboxylic acids is 1. The minimum absolute atomic E-state index is 0.309. The fourth-order valence-corrected chi connectivity index (χ4v) is 2.31. The molecule has 1 aliphatic rings. The lowest BCUT2D eigenvalue weighted by Crippen LogP contribution is -2.13. The minimum Gasteiger partial charge on any atom is -0.351 e. The van der Waals surface area contributed by atoms with Crippen molar-refractivity contribution in [2.45, 2.75) is 45.1 Å². The van der Waals surface area contributed by atoms with Crippen LogP contribution in [0.4, 0.5) is 0 Å². The summed E-state index contributed by atoms with van der Waals surface area (Å²) in [5.74, 6) is 2.96. The van der Waals surface area contributed by atoms with E-state index in [4.69, 9.17) is 6.42 Å². The van der Waals surface area contributed by atoms with E-state index in [1.807, 2.05) is 12.3 Å². The lowest BCUT2D eigenvalue weighted by molar-refractivity contribution is 0.0971. The average Bonchev–Trinajstić information content (AvgIpc) is 2.70. The molecule has 0 spiro atoms. The van der Waals surface area contributed by atoms with E-state index < -0.39 is 0 Å². The van der Waals surface area contributed by atoms with E-state index in [2.05, 4.69) is 10.5 Å². The molecule has 1 aromatic heterocycles. The topological polar surface area (TPSA) is 22.0 Å². The maximum atomic E-state index is 11.6. The molecular formula is C14H17NO. The van der Waals surface area contributed by atoms with E-state index in [0.717, 1.165) is 44.2 Å². The number of carbonyl (C=O) groups is 1. The zero-order valence-electron chi connectivity index (χ0n) is 9.54. The zero-order chi connectivity index (χ0) is 11.4. The molecule has 0 saturated carbocycles. The van der Waals surface area contributed by atoms with Crippen molar-refractivity contribution in [1.29, 1.82) is 0 Å². The molecule has 0 unspecified atom stereocenters. The van der Waals surface area contributed by atoms with Crippen LogP contribution in [-0.2, 0) is 13.0 Å². The Morgan fingerprint density at radius 1 is 1.38 bits per heavy atom. The predicted octanol–water partition coefficient (Wildman–Crippen LogP) is 2.81. The van der Waals surface area contributed by atoms with Crippen molar-refractivity contribution in [3.63, 3.8) is 0 Å². The van der Waals surface area contributed by atoms with Gasteiger partial charge in [-0.05, 0) is 31.7 Å². The third kappa shape index (κ3) is 2.19. The van der Waals surface area contributed by atoms with Crippen LogP contribution in [0.2, 0.25) is 0 Å². The standard InChI is InChI=1S/C14H17NO/c1-2-3-4-5-10-15-11-9-12-13(15)7-6-8-14(12)16/h1,9,11H,3-8,10H2. The molecule has 2 rings (SSSR count). The summed E-state index contributed by atoms with van der Waals surface area (Å²) in [6, 6.07) is 1.97. The second kappa shape index (κ2) is 5.03. The van der Waals surface area contributed by atoms with Gasteiger partial charge in [0.1, 0.15) is 0 Å². The number of aryl methyl sites for hydroxylation is 1. The molecule has 0 fully saturated rings. The SMILES string of the molecule is C#CCCCCn1ccc2c1CCCC2=O. The highest BCUT2D eigenvalue weighted by molar-refractivity contribution is 5.98. The Kier molecular flexibility index (Phi) is 3.46. The number of rotatable bonds is 4. The summed E-state index contributed by atoms with van der Waals surface area (Å²) in [4.78, 5) is 11.6. The molecule has 84 valence electrons. The van der Waals surface area contributed by atoms with Crippen LogP contribution in [-0.4, -0.2) is 10.4 Å². The van der Waals surface area contributed by atoms with Crippen molar-refractivity contribution >= 4 is 5.78 Å². The molecule has 1 aliphatic carbocycles. The number of hydrogen-bond donors (Lipinski definition) is 0. The van der Waals surface area contributed by atoms with Crippen LogP contribution in [0.5, 0.6) is 0 Å². The molecule has 0 N–H and O–H groups in total. The van der Waals surface area contributed by atoms with Crippen LogP contribution >= 0.6 is 0 Å². The van der Waals surface area contributed by atoms with Gasteiger partial charge in [-0.2, -0.15) is 0 Å². The van der Waals surface area contributed by atoms with Gasteiger partial charge in [0.25, 0.3) is 0 Å². The summed E-state index contributed by atoms with van der Waals surface area (Å²) in [6.07, 6.45) is 13.0. The molecule has 0 atom stereocenters. The Bertz CT molecular complexity index is 422. The van der Waals surface area contributed by atoms with Crippen molar-refractivity contribution in [3.05, 3.63) is 23.5 Å². The summed E-state index contributed by atoms with van der Waals surface area (Å²) in [5, 5.41) is 0. The van der Waals surface area contributed by atoms with Crippen molar-refractivity contribution in [2.75, 3.05) is 0 Å². The van der Waals surface area contributed by atoms with Gasteiger partial charge in [0.15, 0.2) is 5.78 Å². The molecule has 1 aromatic rings. The fraction of sp³-hybridized carbons (Fsp3) is 0.500. The first-order valence-corrected chi connectivity index (χ1v) is 5.97. The average molecular weight is 215 g/mol. The zero-order valence-corrected chi connectivity index (χ0v) is 9.54. The van der Waals surface area contributed by atoms with E-state index in [1.165, 1.54) is 5.69 Å². The van der Waals surface area contributed by atoms with Gasteiger partial charge in [-0.25, -0.2) is 0 Å². The minimum atomic E-state index is 0.309. The van der Waals surface area contributed by atoms with Gasteiger partial charge in [-0.15, -0.1) is 12.3 Å². The van der Waals surface area contributed by atoms with Crippen molar-refractivity contribution in [1.82, 2.24) is 4.57 Å². The van der Waals surface area contributed by atoms with Crippen molar-refractivity contribution in [3.8, 4) is 12.3 Å². The van der Waals surface area contributed by atoms with E-state index in [-0.39, 0.29) is 0 Å². The molecule has 0 aliphatic heterocycles. The lowest BCUT2D eigenvalue weighted by atomic mass is 9.97. The van der Waals surface area contributed by atoms with Gasteiger partial charge in [-0.1, -0.05) is 0 Å². The number of aromatic nitrogens is 1. The largest absolute Gasteiger partial charge is 0.351 e. The third-order valence-corrected chi connectivity index (χ3v) is 3.17. The Morgan fingerprint density at radius 2 is 2.25 bits per heavy atom. The molecule has 16 heavy (non-hydrogen) atoms. The number of ketones is 1. The van der Waals surface area contributed by atoms with Gasteiger partial charge < -0.3 is 4.57 Å². The van der Waals surface area contributed by atoms with Gasteiger partial charge in [-0.3, -0.25) is 4.79 Å². The predicted molar refractivity (Wildman–Crippen MR) is 64.4 cm³/mol. The smallest absolute Gasteiger partial charge is 0.164 e. The molecule has 2 heteroatoms. The van der Waals surface area contributed by atoms with Crippen molar-refractivity contribution < 1.29 is 4.79 Å². The third-order valence-electron chi connectivity index (χ3n) is 3.17. The highest BCUT2D eigenvalue weighted by Crippen LogP contribution is 2.22. The van der Waals surface area contributed by atoms with Crippen molar-refractivity contribution in [2.24, 2.45) is 0 Å². The van der Waals surface area contributed by atoms with Crippen LogP contribution < -0.4 is 0 Å². The maximum Gasteiger partial charge on any atom is 0.164 e. The Morgan fingerprint density at radius 3 is 3.06 bits per heavy atom. The van der Waals surface area contributed by atoms with E-state index >= 15 is 0 Å². The van der Waals surface area contributed by atoms with Crippen LogP contribution in [0.25, 0.3) is 0 Å². The monoisotopic (exact) mass is 215 g/mol. The normalized spacial score (nSPS) is 14.6. The van der Waals surface area contributed by atoms with Crippen LogP contribution in [0.1, 0.15) is 48.2 Å². The highest BCUT2D eigenvalue weighted by Gasteiger charge is 2.19. The number of nitrogens with zero attached hydrogens (tertiary/aromatic N) is 1. The fourth-order valence-electron chi connectivity index (χ4n) is 2.31. The van der Waals surface area contributed by atoms with E-state index in [1.54, 1.807) is 0 Å². The van der Waals surface area contributed by atoms with Gasteiger partial charge in [0, 0.05) is 36.8 Å². The number of Topliss-reactive ketones (excluding diaryl/α,β-unsaturated/α-hetero) is 1. The summed E-state index contributed by atoms with van der Waals surface area (Å²) >= 11 is 0. The number of hydrogen-bond acceptors (Lipinski definition) is 1. The van der Waals surface area contributed by atoms with Gasteiger partial charge in [0.2, 0.25) is 0 Å². The first-order chi connectivity index (χ1) is 7.83. The molecule has 2 nitrogen and oxygen atoms in total. The second-order valence-corrected chi connectivity index (χ2v) is 4.31. The number of fused-ring (bicyclic) bond motifs is 1. The van der Waals surface area contributed by atoms with E-state index in [0.29, 0.717) is 12.2 Å². The van der Waals surface area contributed by atoms with Crippen LogP contribution in [0.3, 0.4) is 0 Å². The lowest BCUT2D eigenvalue weighted by Gasteiger charge is -2.14. The quantitative estimate of drug-likeness (QED) is 0.559. The summed E-state index contributed by atoms with van der Waals surface area (Å²) in [7, 11) is 0. The van der Waals surface area contributed by atoms with Gasteiger partial charge in [0.05, 0.1) is 0 Å². The van der Waals surface area contributed by atoms with Crippen LogP contribution in [0.15, 0.2) is 12.3 Å². The summed E-state index contributed by atoms with van der Waals surface area (Å²) in [6.45, 7) is 0.990. The number of unbranched alkanes of at least 4 members (excludes halogenated alkanes) is 2. The Labute approximate surface area is 96.7 Å². The Hall–Kier alpha value is -1.49. The number of terminal acetylenes is 1. The summed E-state index contributed by atoms with van der Waals surface area (Å²) < 4.78 is 2.23. The molecule has 1 heterocycles. The Balaban J connectivity index is 2.01.